The second kappa shape index (κ2) is 7.55. The minimum atomic E-state index is -0.169. The minimum absolute atomic E-state index is 0.169. The first-order valence-electron chi connectivity index (χ1n) is 7.30. The number of urea groups is 1. The Balaban J connectivity index is 1.42. The zero-order chi connectivity index (χ0) is 15.9. The maximum absolute atomic E-state index is 11.7. The second-order valence-electron chi connectivity index (χ2n) is 4.91. The lowest BCUT2D eigenvalue weighted by molar-refractivity contribution is 0.240. The van der Waals surface area contributed by atoms with Gasteiger partial charge in [0.2, 0.25) is 0 Å². The number of nitrogens with zero attached hydrogens (tertiary/aromatic N) is 3. The summed E-state index contributed by atoms with van der Waals surface area (Å²) >= 11 is 1.70. The van der Waals surface area contributed by atoms with Crippen molar-refractivity contribution in [3.05, 3.63) is 64.7 Å². The van der Waals surface area contributed by atoms with Gasteiger partial charge >= 0.3 is 6.03 Å². The van der Waals surface area contributed by atoms with Gasteiger partial charge in [-0.15, -0.1) is 11.3 Å². The van der Waals surface area contributed by atoms with Crippen LogP contribution in [0.25, 0.3) is 5.82 Å². The fourth-order valence-corrected chi connectivity index (χ4v) is 2.77. The molecule has 3 aromatic rings. The van der Waals surface area contributed by atoms with Crippen molar-refractivity contribution in [1.82, 2.24) is 25.4 Å². The number of hydrogen-bond acceptors (Lipinski definition) is 4. The second-order valence-corrected chi connectivity index (χ2v) is 5.95. The van der Waals surface area contributed by atoms with E-state index in [0.717, 1.165) is 17.8 Å². The molecule has 3 rings (SSSR count). The van der Waals surface area contributed by atoms with Crippen molar-refractivity contribution < 1.29 is 4.79 Å². The van der Waals surface area contributed by atoms with Gasteiger partial charge in [0.15, 0.2) is 5.82 Å². The molecule has 0 radical (unpaired) electrons. The lowest BCUT2D eigenvalue weighted by Crippen LogP contribution is -2.36. The number of thiophene rings is 1. The Bertz CT molecular complexity index is 722. The number of amides is 2. The number of pyridine rings is 1. The highest BCUT2D eigenvalue weighted by Crippen LogP contribution is 2.08. The van der Waals surface area contributed by atoms with E-state index in [2.05, 4.69) is 26.8 Å². The van der Waals surface area contributed by atoms with Crippen molar-refractivity contribution in [2.45, 2.75) is 13.0 Å². The Morgan fingerprint density at radius 2 is 2.17 bits per heavy atom. The molecule has 3 heterocycles. The van der Waals surface area contributed by atoms with Crippen LogP contribution < -0.4 is 10.6 Å². The molecule has 3 aromatic heterocycles. The van der Waals surface area contributed by atoms with Gasteiger partial charge in [0.05, 0.1) is 0 Å². The molecular weight excluding hydrogens is 310 g/mol. The molecule has 0 fully saturated rings. The topological polar surface area (TPSA) is 71.8 Å². The molecule has 2 amide bonds. The summed E-state index contributed by atoms with van der Waals surface area (Å²) in [6, 6.07) is 9.56. The SMILES string of the molecule is O=C(NCCc1cccs1)NCc1ccc(-n2cccn2)nc1. The maximum atomic E-state index is 11.7. The van der Waals surface area contributed by atoms with E-state index in [-0.39, 0.29) is 6.03 Å². The van der Waals surface area contributed by atoms with Crippen LogP contribution in [0.4, 0.5) is 4.79 Å². The molecule has 0 atom stereocenters. The van der Waals surface area contributed by atoms with E-state index < -0.39 is 0 Å². The van der Waals surface area contributed by atoms with Crippen LogP contribution in [0.1, 0.15) is 10.4 Å². The lowest BCUT2D eigenvalue weighted by Gasteiger charge is -2.07. The number of aromatic nitrogens is 3. The average Bonchev–Trinajstić information content (AvgIpc) is 3.27. The van der Waals surface area contributed by atoms with Crippen LogP contribution in [0.2, 0.25) is 0 Å². The zero-order valence-electron chi connectivity index (χ0n) is 12.5. The smallest absolute Gasteiger partial charge is 0.315 e. The van der Waals surface area contributed by atoms with Crippen LogP contribution in [-0.2, 0) is 13.0 Å². The lowest BCUT2D eigenvalue weighted by atomic mass is 10.3. The monoisotopic (exact) mass is 327 g/mol. The van der Waals surface area contributed by atoms with Crippen LogP contribution in [0.15, 0.2) is 54.3 Å². The van der Waals surface area contributed by atoms with E-state index in [0.29, 0.717) is 13.1 Å². The van der Waals surface area contributed by atoms with Crippen LogP contribution in [0.3, 0.4) is 0 Å². The molecule has 2 N–H and O–H groups in total. The van der Waals surface area contributed by atoms with Gasteiger partial charge in [-0.1, -0.05) is 12.1 Å². The highest BCUT2D eigenvalue weighted by Gasteiger charge is 2.02. The molecule has 23 heavy (non-hydrogen) atoms. The highest BCUT2D eigenvalue weighted by molar-refractivity contribution is 7.09. The summed E-state index contributed by atoms with van der Waals surface area (Å²) in [6.07, 6.45) is 6.13. The number of carbonyl (C=O) groups is 1. The summed E-state index contributed by atoms with van der Waals surface area (Å²) in [7, 11) is 0. The van der Waals surface area contributed by atoms with Crippen LogP contribution in [0, 0.1) is 0 Å². The van der Waals surface area contributed by atoms with Crippen molar-refractivity contribution >= 4 is 17.4 Å². The largest absolute Gasteiger partial charge is 0.338 e. The minimum Gasteiger partial charge on any atom is -0.338 e. The van der Waals surface area contributed by atoms with Crippen LogP contribution in [-0.4, -0.2) is 27.3 Å². The first-order valence-corrected chi connectivity index (χ1v) is 8.18. The summed E-state index contributed by atoms with van der Waals surface area (Å²) in [5.41, 5.74) is 0.939. The third-order valence-electron chi connectivity index (χ3n) is 3.24. The molecule has 0 saturated heterocycles. The molecule has 0 bridgehead atoms. The van der Waals surface area contributed by atoms with Crippen molar-refractivity contribution in [1.29, 1.82) is 0 Å². The standard InChI is InChI=1S/C16H17N5OS/c22-16(17-8-6-14-3-1-10-23-14)19-12-13-4-5-15(18-11-13)21-9-2-7-20-21/h1-5,7,9-11H,6,8,12H2,(H2,17,19,22). The first kappa shape index (κ1) is 15.2. The summed E-state index contributed by atoms with van der Waals surface area (Å²) in [4.78, 5) is 17.3. The van der Waals surface area contributed by atoms with Crippen LogP contribution >= 0.6 is 11.3 Å². The first-order chi connectivity index (χ1) is 11.3. The van der Waals surface area contributed by atoms with E-state index >= 15 is 0 Å². The molecule has 0 aliphatic rings. The normalized spacial score (nSPS) is 10.4. The zero-order valence-corrected chi connectivity index (χ0v) is 13.3. The third kappa shape index (κ3) is 4.40. The van der Waals surface area contributed by atoms with Crippen molar-refractivity contribution in [3.8, 4) is 5.82 Å². The maximum Gasteiger partial charge on any atom is 0.315 e. The Morgan fingerprint density at radius 1 is 1.22 bits per heavy atom. The quantitative estimate of drug-likeness (QED) is 0.730. The molecule has 6 nitrogen and oxygen atoms in total. The average molecular weight is 327 g/mol. The Hall–Kier alpha value is -2.67. The highest BCUT2D eigenvalue weighted by atomic mass is 32.1. The van der Waals surface area contributed by atoms with Crippen molar-refractivity contribution in [2.75, 3.05) is 6.54 Å². The van der Waals surface area contributed by atoms with E-state index in [1.165, 1.54) is 4.88 Å². The molecule has 118 valence electrons. The molecule has 0 aliphatic heterocycles. The predicted octanol–water partition coefficient (Wildman–Crippen LogP) is 2.37. The van der Waals surface area contributed by atoms with Crippen molar-refractivity contribution in [3.63, 3.8) is 0 Å². The molecule has 0 aliphatic carbocycles. The molecule has 7 heteroatoms. The molecule has 0 spiro atoms. The molecule has 0 unspecified atom stereocenters. The van der Waals surface area contributed by atoms with Gasteiger partial charge in [-0.3, -0.25) is 0 Å². The Morgan fingerprint density at radius 3 is 2.87 bits per heavy atom. The molecule has 0 aromatic carbocycles. The van der Waals surface area contributed by atoms with E-state index in [1.54, 1.807) is 28.4 Å². The fourth-order valence-electron chi connectivity index (χ4n) is 2.06. The number of rotatable bonds is 6. The van der Waals surface area contributed by atoms with Gasteiger partial charge in [0.1, 0.15) is 0 Å². The van der Waals surface area contributed by atoms with E-state index in [1.807, 2.05) is 35.8 Å². The Labute approximate surface area is 138 Å². The third-order valence-corrected chi connectivity index (χ3v) is 4.17. The van der Waals surface area contributed by atoms with Crippen molar-refractivity contribution in [2.24, 2.45) is 0 Å². The summed E-state index contributed by atoms with van der Waals surface area (Å²) in [5.74, 6) is 0.749. The summed E-state index contributed by atoms with van der Waals surface area (Å²) in [5, 5.41) is 11.8. The summed E-state index contributed by atoms with van der Waals surface area (Å²) < 4.78 is 1.69. The van der Waals surface area contributed by atoms with Gasteiger partial charge in [0.25, 0.3) is 0 Å². The van der Waals surface area contributed by atoms with E-state index in [9.17, 15) is 4.79 Å². The van der Waals surface area contributed by atoms with Crippen LogP contribution in [0.5, 0.6) is 0 Å². The fraction of sp³-hybridized carbons (Fsp3) is 0.188. The van der Waals surface area contributed by atoms with Gasteiger partial charge in [-0.2, -0.15) is 5.10 Å². The molecular formula is C16H17N5OS. The predicted molar refractivity (Wildman–Crippen MR) is 89.6 cm³/mol. The number of carbonyl (C=O) groups excluding carboxylic acids is 1. The number of nitrogens with one attached hydrogen (secondary N) is 2. The molecule has 0 saturated carbocycles. The van der Waals surface area contributed by atoms with Gasteiger partial charge in [-0.05, 0) is 35.6 Å². The summed E-state index contributed by atoms with van der Waals surface area (Å²) in [6.45, 7) is 1.07. The Kier molecular flexibility index (Phi) is 5.00. The van der Waals surface area contributed by atoms with Gasteiger partial charge < -0.3 is 10.6 Å². The van der Waals surface area contributed by atoms with E-state index in [4.69, 9.17) is 0 Å². The number of hydrogen-bond donors (Lipinski definition) is 2. The van der Waals surface area contributed by atoms with Gasteiger partial charge in [-0.25, -0.2) is 14.5 Å². The van der Waals surface area contributed by atoms with Gasteiger partial charge in [0, 0.05) is 36.6 Å².